The summed E-state index contributed by atoms with van der Waals surface area (Å²) in [6.07, 6.45) is 0.735. The van der Waals surface area contributed by atoms with Crippen molar-refractivity contribution in [2.24, 2.45) is 0 Å². The number of aliphatic carboxylic acids is 1. The van der Waals surface area contributed by atoms with Crippen molar-refractivity contribution < 1.29 is 24.0 Å². The molecule has 8 heteroatoms. The first-order valence-electron chi connectivity index (χ1n) is 5.83. The first-order chi connectivity index (χ1) is 9.35. The Kier molecular flexibility index (Phi) is 5.13. The van der Waals surface area contributed by atoms with E-state index in [2.05, 4.69) is 5.32 Å². The summed E-state index contributed by atoms with van der Waals surface area (Å²) >= 11 is 0. The summed E-state index contributed by atoms with van der Waals surface area (Å²) in [5, 5.41) is 21.7. The van der Waals surface area contributed by atoms with Gasteiger partial charge < -0.3 is 10.4 Å². The standard InChI is InChI=1S/C12H13FN2O5/c1-2-3-10(12(17)18)14-11(16)7-4-8(13)6-9(5-7)15(19)20/h4-6,10H,2-3H2,1H3,(H,14,16)(H,17,18)/t10-/m1/s1. The maximum atomic E-state index is 13.2. The summed E-state index contributed by atoms with van der Waals surface area (Å²) in [7, 11) is 0. The van der Waals surface area contributed by atoms with Crippen molar-refractivity contribution in [1.29, 1.82) is 0 Å². The molecular formula is C12H13FN2O5. The van der Waals surface area contributed by atoms with Gasteiger partial charge in [0.25, 0.3) is 11.6 Å². The summed E-state index contributed by atoms with van der Waals surface area (Å²) in [6, 6.07) is 1.27. The molecule has 1 rings (SSSR count). The molecule has 1 atom stereocenters. The minimum Gasteiger partial charge on any atom is -0.480 e. The zero-order valence-electron chi connectivity index (χ0n) is 10.6. The number of hydrogen-bond acceptors (Lipinski definition) is 4. The molecule has 0 heterocycles. The Morgan fingerprint density at radius 2 is 2.10 bits per heavy atom. The molecule has 0 saturated heterocycles. The fourth-order valence-corrected chi connectivity index (χ4v) is 1.60. The summed E-state index contributed by atoms with van der Waals surface area (Å²) in [6.45, 7) is 1.75. The Hall–Kier alpha value is -2.51. The third kappa shape index (κ3) is 4.01. The Morgan fingerprint density at radius 3 is 2.60 bits per heavy atom. The zero-order chi connectivity index (χ0) is 15.3. The predicted octanol–water partition coefficient (Wildman–Crippen LogP) is 1.72. The molecule has 0 bridgehead atoms. The number of benzene rings is 1. The van der Waals surface area contributed by atoms with E-state index >= 15 is 0 Å². The number of hydrogen-bond donors (Lipinski definition) is 2. The molecule has 7 nitrogen and oxygen atoms in total. The number of non-ortho nitro benzene ring substituents is 1. The van der Waals surface area contributed by atoms with Crippen molar-refractivity contribution in [3.63, 3.8) is 0 Å². The second-order valence-electron chi connectivity index (χ2n) is 4.11. The largest absolute Gasteiger partial charge is 0.480 e. The van der Waals surface area contributed by atoms with Crippen LogP contribution in [-0.4, -0.2) is 27.9 Å². The second-order valence-corrected chi connectivity index (χ2v) is 4.11. The van der Waals surface area contributed by atoms with Gasteiger partial charge in [0.2, 0.25) is 0 Å². The highest BCUT2D eigenvalue weighted by atomic mass is 19.1. The summed E-state index contributed by atoms with van der Waals surface area (Å²) in [5.74, 6) is -3.02. The molecule has 0 unspecified atom stereocenters. The fourth-order valence-electron chi connectivity index (χ4n) is 1.60. The molecule has 0 aromatic heterocycles. The number of carbonyl (C=O) groups is 2. The van der Waals surface area contributed by atoms with E-state index in [4.69, 9.17) is 5.11 Å². The molecule has 2 N–H and O–H groups in total. The Balaban J connectivity index is 2.97. The normalized spacial score (nSPS) is 11.7. The maximum absolute atomic E-state index is 13.2. The molecule has 0 aliphatic rings. The molecular weight excluding hydrogens is 271 g/mol. The van der Waals surface area contributed by atoms with Crippen LogP contribution in [0.1, 0.15) is 30.1 Å². The Morgan fingerprint density at radius 1 is 1.45 bits per heavy atom. The number of rotatable bonds is 6. The van der Waals surface area contributed by atoms with Crippen LogP contribution in [0.5, 0.6) is 0 Å². The monoisotopic (exact) mass is 284 g/mol. The first-order valence-corrected chi connectivity index (χ1v) is 5.83. The van der Waals surface area contributed by atoms with Gasteiger partial charge in [-0.2, -0.15) is 0 Å². The van der Waals surface area contributed by atoms with E-state index in [0.29, 0.717) is 12.5 Å². The van der Waals surface area contributed by atoms with Crippen LogP contribution in [0.15, 0.2) is 18.2 Å². The molecule has 0 spiro atoms. The number of carbonyl (C=O) groups excluding carboxylic acids is 1. The zero-order valence-corrected chi connectivity index (χ0v) is 10.6. The van der Waals surface area contributed by atoms with Crippen LogP contribution in [0.25, 0.3) is 0 Å². The van der Waals surface area contributed by atoms with E-state index in [-0.39, 0.29) is 12.0 Å². The van der Waals surface area contributed by atoms with Crippen LogP contribution in [0.3, 0.4) is 0 Å². The number of nitro groups is 1. The third-order valence-corrected chi connectivity index (χ3v) is 2.54. The molecule has 20 heavy (non-hydrogen) atoms. The SMILES string of the molecule is CCC[C@@H](NC(=O)c1cc(F)cc([N+](=O)[O-])c1)C(=O)O. The van der Waals surface area contributed by atoms with Crippen LogP contribution in [0.4, 0.5) is 10.1 Å². The van der Waals surface area contributed by atoms with E-state index < -0.39 is 34.3 Å². The van der Waals surface area contributed by atoms with Crippen molar-refractivity contribution in [3.05, 3.63) is 39.7 Å². The van der Waals surface area contributed by atoms with Gasteiger partial charge in [0.15, 0.2) is 0 Å². The lowest BCUT2D eigenvalue weighted by molar-refractivity contribution is -0.385. The van der Waals surface area contributed by atoms with Crippen LogP contribution in [-0.2, 0) is 4.79 Å². The van der Waals surface area contributed by atoms with E-state index in [1.165, 1.54) is 0 Å². The molecule has 1 aromatic carbocycles. The fraction of sp³-hybridized carbons (Fsp3) is 0.333. The van der Waals surface area contributed by atoms with E-state index in [1.54, 1.807) is 6.92 Å². The lowest BCUT2D eigenvalue weighted by Crippen LogP contribution is -2.40. The minimum atomic E-state index is -1.22. The molecule has 108 valence electrons. The third-order valence-electron chi connectivity index (χ3n) is 2.54. The topological polar surface area (TPSA) is 110 Å². The molecule has 1 amide bonds. The first kappa shape index (κ1) is 15.5. The molecule has 0 saturated carbocycles. The molecule has 0 aliphatic carbocycles. The van der Waals surface area contributed by atoms with Gasteiger partial charge in [0.1, 0.15) is 11.9 Å². The molecule has 0 fully saturated rings. The van der Waals surface area contributed by atoms with E-state index in [9.17, 15) is 24.1 Å². The van der Waals surface area contributed by atoms with Crippen molar-refractivity contribution in [2.45, 2.75) is 25.8 Å². The van der Waals surface area contributed by atoms with Crippen LogP contribution in [0, 0.1) is 15.9 Å². The van der Waals surface area contributed by atoms with Gasteiger partial charge in [-0.25, -0.2) is 9.18 Å². The maximum Gasteiger partial charge on any atom is 0.326 e. The van der Waals surface area contributed by atoms with Crippen LogP contribution < -0.4 is 5.32 Å². The minimum absolute atomic E-state index is 0.207. The quantitative estimate of drug-likeness (QED) is 0.610. The van der Waals surface area contributed by atoms with Gasteiger partial charge in [-0.05, 0) is 12.5 Å². The second kappa shape index (κ2) is 6.60. The summed E-state index contributed by atoms with van der Waals surface area (Å²) in [4.78, 5) is 32.4. The average Bonchev–Trinajstić information content (AvgIpc) is 2.37. The number of halogens is 1. The van der Waals surface area contributed by atoms with Crippen molar-refractivity contribution in [3.8, 4) is 0 Å². The van der Waals surface area contributed by atoms with Gasteiger partial charge in [-0.3, -0.25) is 14.9 Å². The highest BCUT2D eigenvalue weighted by Crippen LogP contribution is 2.16. The van der Waals surface area contributed by atoms with Gasteiger partial charge in [0.05, 0.1) is 11.0 Å². The molecule has 1 aromatic rings. The Bertz CT molecular complexity index is 547. The number of carboxylic acids is 1. The summed E-state index contributed by atoms with van der Waals surface area (Å²) < 4.78 is 13.2. The molecule has 0 aliphatic heterocycles. The van der Waals surface area contributed by atoms with E-state index in [1.807, 2.05) is 0 Å². The van der Waals surface area contributed by atoms with Gasteiger partial charge >= 0.3 is 5.97 Å². The summed E-state index contributed by atoms with van der Waals surface area (Å²) in [5.41, 5.74) is -0.864. The highest BCUT2D eigenvalue weighted by Gasteiger charge is 2.21. The van der Waals surface area contributed by atoms with Crippen molar-refractivity contribution in [2.75, 3.05) is 0 Å². The van der Waals surface area contributed by atoms with Gasteiger partial charge in [-0.1, -0.05) is 13.3 Å². The highest BCUT2D eigenvalue weighted by molar-refractivity contribution is 5.97. The Labute approximate surface area is 113 Å². The van der Waals surface area contributed by atoms with Crippen LogP contribution in [0.2, 0.25) is 0 Å². The number of nitro benzene ring substituents is 1. The lowest BCUT2D eigenvalue weighted by atomic mass is 10.1. The number of nitrogens with one attached hydrogen (secondary N) is 1. The molecule has 0 radical (unpaired) electrons. The van der Waals surface area contributed by atoms with Crippen molar-refractivity contribution >= 4 is 17.6 Å². The number of carboxylic acid groups (broad SMARTS) is 1. The average molecular weight is 284 g/mol. The van der Waals surface area contributed by atoms with E-state index in [0.717, 1.165) is 12.1 Å². The smallest absolute Gasteiger partial charge is 0.326 e. The van der Waals surface area contributed by atoms with Gasteiger partial charge in [0, 0.05) is 11.6 Å². The predicted molar refractivity (Wildman–Crippen MR) is 66.9 cm³/mol. The number of nitrogens with zero attached hydrogens (tertiary/aromatic N) is 1. The van der Waals surface area contributed by atoms with Gasteiger partial charge in [-0.15, -0.1) is 0 Å². The van der Waals surface area contributed by atoms with Crippen LogP contribution >= 0.6 is 0 Å². The lowest BCUT2D eigenvalue weighted by Gasteiger charge is -2.13. The number of amides is 1. The van der Waals surface area contributed by atoms with Crippen molar-refractivity contribution in [1.82, 2.24) is 5.32 Å².